The van der Waals surface area contributed by atoms with Crippen LogP contribution in [0.25, 0.3) is 10.2 Å². The van der Waals surface area contributed by atoms with Gasteiger partial charge in [0.1, 0.15) is 12.4 Å². The van der Waals surface area contributed by atoms with Gasteiger partial charge < -0.3 is 18.8 Å². The van der Waals surface area contributed by atoms with E-state index >= 15 is 0 Å². The first-order valence-corrected chi connectivity index (χ1v) is 9.68. The van der Waals surface area contributed by atoms with Crippen molar-refractivity contribution in [2.24, 2.45) is 4.99 Å². The van der Waals surface area contributed by atoms with Crippen LogP contribution in [0.15, 0.2) is 47.5 Å². The standard InChI is InChI=1S/C21H18N2O4S/c1-3-11-23-15-10-9-14(25-4-2)12-19(15)28-21(23)22-20(24)18-13-26-16-7-5-6-8-17(16)27-18/h1,5-10,12,18H,4,11,13H2,2H3/t18-/m0/s1. The van der Waals surface area contributed by atoms with Crippen LogP contribution in [-0.2, 0) is 11.3 Å². The zero-order valence-corrected chi connectivity index (χ0v) is 16.1. The number of rotatable bonds is 4. The molecule has 0 saturated carbocycles. The molecule has 1 amide bonds. The number of fused-ring (bicyclic) bond motifs is 2. The van der Waals surface area contributed by atoms with Crippen molar-refractivity contribution < 1.29 is 19.0 Å². The van der Waals surface area contributed by atoms with Gasteiger partial charge in [-0.05, 0) is 37.3 Å². The fraction of sp³-hybridized carbons (Fsp3) is 0.238. The summed E-state index contributed by atoms with van der Waals surface area (Å²) in [4.78, 5) is 17.5. The third-order valence-electron chi connectivity index (χ3n) is 4.20. The van der Waals surface area contributed by atoms with E-state index in [-0.39, 0.29) is 6.61 Å². The van der Waals surface area contributed by atoms with Gasteiger partial charge in [-0.3, -0.25) is 4.79 Å². The fourth-order valence-electron chi connectivity index (χ4n) is 2.95. The summed E-state index contributed by atoms with van der Waals surface area (Å²) in [6, 6.07) is 13.0. The number of carbonyl (C=O) groups excluding carboxylic acids is 1. The summed E-state index contributed by atoms with van der Waals surface area (Å²) in [7, 11) is 0. The van der Waals surface area contributed by atoms with Crippen LogP contribution < -0.4 is 19.0 Å². The molecule has 0 saturated heterocycles. The van der Waals surface area contributed by atoms with Crippen molar-refractivity contribution in [1.29, 1.82) is 0 Å². The van der Waals surface area contributed by atoms with Gasteiger partial charge in [0.05, 0.1) is 23.4 Å². The molecule has 0 spiro atoms. The number of aromatic nitrogens is 1. The van der Waals surface area contributed by atoms with E-state index in [9.17, 15) is 4.79 Å². The largest absolute Gasteiger partial charge is 0.494 e. The number of nitrogens with zero attached hydrogens (tertiary/aromatic N) is 2. The van der Waals surface area contributed by atoms with Crippen molar-refractivity contribution in [3.63, 3.8) is 0 Å². The lowest BCUT2D eigenvalue weighted by atomic mass is 10.2. The molecular weight excluding hydrogens is 376 g/mol. The van der Waals surface area contributed by atoms with Crippen LogP contribution in [-0.4, -0.2) is 29.8 Å². The Hall–Kier alpha value is -3.24. The van der Waals surface area contributed by atoms with Gasteiger partial charge in [0.25, 0.3) is 5.91 Å². The molecule has 0 bridgehead atoms. The Balaban J connectivity index is 1.69. The summed E-state index contributed by atoms with van der Waals surface area (Å²) in [6.45, 7) is 2.94. The van der Waals surface area contributed by atoms with E-state index < -0.39 is 12.0 Å². The van der Waals surface area contributed by atoms with Gasteiger partial charge in [-0.15, -0.1) is 6.42 Å². The predicted molar refractivity (Wildman–Crippen MR) is 107 cm³/mol. The van der Waals surface area contributed by atoms with E-state index in [4.69, 9.17) is 20.6 Å². The molecule has 2 heterocycles. The topological polar surface area (TPSA) is 62.1 Å². The summed E-state index contributed by atoms with van der Waals surface area (Å²) >= 11 is 1.39. The Morgan fingerprint density at radius 3 is 2.96 bits per heavy atom. The first-order valence-electron chi connectivity index (χ1n) is 8.86. The molecule has 28 heavy (non-hydrogen) atoms. The molecule has 1 atom stereocenters. The molecule has 0 radical (unpaired) electrons. The minimum Gasteiger partial charge on any atom is -0.494 e. The smallest absolute Gasteiger partial charge is 0.292 e. The second-order valence-electron chi connectivity index (χ2n) is 6.05. The SMILES string of the molecule is C#CCn1c(=NC(=O)[C@@H]2COc3ccccc3O2)sc2cc(OCC)ccc21. The van der Waals surface area contributed by atoms with Crippen molar-refractivity contribution in [3.8, 4) is 29.6 Å². The number of hydrogen-bond donors (Lipinski definition) is 0. The Bertz CT molecular complexity index is 1140. The van der Waals surface area contributed by atoms with Crippen molar-refractivity contribution in [3.05, 3.63) is 47.3 Å². The van der Waals surface area contributed by atoms with Gasteiger partial charge in [-0.25, -0.2) is 0 Å². The highest BCUT2D eigenvalue weighted by molar-refractivity contribution is 7.16. The Morgan fingerprint density at radius 2 is 2.18 bits per heavy atom. The molecule has 3 aromatic rings. The molecule has 0 unspecified atom stereocenters. The van der Waals surface area contributed by atoms with Crippen molar-refractivity contribution in [2.45, 2.75) is 19.6 Å². The van der Waals surface area contributed by atoms with Crippen LogP contribution in [0.3, 0.4) is 0 Å². The normalized spacial score (nSPS) is 16.0. The molecule has 6 nitrogen and oxygen atoms in total. The van der Waals surface area contributed by atoms with E-state index in [0.29, 0.717) is 29.5 Å². The molecule has 0 N–H and O–H groups in total. The van der Waals surface area contributed by atoms with Gasteiger partial charge in [0.15, 0.2) is 16.3 Å². The number of carbonyl (C=O) groups is 1. The summed E-state index contributed by atoms with van der Waals surface area (Å²) in [5, 5.41) is 0. The first-order chi connectivity index (χ1) is 13.7. The van der Waals surface area contributed by atoms with Crippen LogP contribution in [0.1, 0.15) is 6.92 Å². The molecule has 4 rings (SSSR count). The number of hydrogen-bond acceptors (Lipinski definition) is 5. The maximum absolute atomic E-state index is 12.7. The first kappa shape index (κ1) is 18.1. The van der Waals surface area contributed by atoms with Gasteiger partial charge in [-0.2, -0.15) is 4.99 Å². The van der Waals surface area contributed by atoms with Gasteiger partial charge in [-0.1, -0.05) is 29.4 Å². The minimum absolute atomic E-state index is 0.119. The van der Waals surface area contributed by atoms with E-state index in [0.717, 1.165) is 16.0 Å². The Kier molecular flexibility index (Phi) is 5.04. The van der Waals surface area contributed by atoms with Crippen LogP contribution in [0.5, 0.6) is 17.2 Å². The molecule has 1 aromatic heterocycles. The summed E-state index contributed by atoms with van der Waals surface area (Å²) in [5.41, 5.74) is 0.907. The lowest BCUT2D eigenvalue weighted by Gasteiger charge is -2.23. The average molecular weight is 394 g/mol. The Morgan fingerprint density at radius 1 is 1.36 bits per heavy atom. The highest BCUT2D eigenvalue weighted by Crippen LogP contribution is 2.31. The lowest BCUT2D eigenvalue weighted by Crippen LogP contribution is -2.36. The zero-order chi connectivity index (χ0) is 19.5. The number of thiazole rings is 1. The molecule has 1 aliphatic rings. The number of amides is 1. The van der Waals surface area contributed by atoms with Crippen molar-refractivity contribution in [1.82, 2.24) is 4.57 Å². The Labute approximate surface area is 166 Å². The van der Waals surface area contributed by atoms with E-state index in [1.807, 2.05) is 41.8 Å². The van der Waals surface area contributed by atoms with Gasteiger partial charge in [0, 0.05) is 0 Å². The second kappa shape index (κ2) is 7.79. The van der Waals surface area contributed by atoms with Crippen LogP contribution in [0.2, 0.25) is 0 Å². The van der Waals surface area contributed by atoms with Crippen molar-refractivity contribution >= 4 is 27.5 Å². The van der Waals surface area contributed by atoms with Gasteiger partial charge >= 0.3 is 0 Å². The highest BCUT2D eigenvalue weighted by Gasteiger charge is 2.27. The van der Waals surface area contributed by atoms with E-state index in [1.165, 1.54) is 11.3 Å². The fourth-order valence-corrected chi connectivity index (χ4v) is 4.01. The van der Waals surface area contributed by atoms with Crippen LogP contribution in [0, 0.1) is 12.3 Å². The molecule has 142 valence electrons. The molecule has 7 heteroatoms. The minimum atomic E-state index is -0.793. The number of terminal acetylenes is 1. The van der Waals surface area contributed by atoms with Crippen LogP contribution >= 0.6 is 11.3 Å². The maximum Gasteiger partial charge on any atom is 0.292 e. The molecule has 2 aromatic carbocycles. The molecule has 1 aliphatic heterocycles. The number of benzene rings is 2. The van der Waals surface area contributed by atoms with E-state index in [1.54, 1.807) is 12.1 Å². The third kappa shape index (κ3) is 3.47. The van der Waals surface area contributed by atoms with E-state index in [2.05, 4.69) is 10.9 Å². The third-order valence-corrected chi connectivity index (χ3v) is 5.25. The second-order valence-corrected chi connectivity index (χ2v) is 7.06. The maximum atomic E-state index is 12.7. The van der Waals surface area contributed by atoms with Crippen LogP contribution in [0.4, 0.5) is 0 Å². The van der Waals surface area contributed by atoms with Crippen molar-refractivity contribution in [2.75, 3.05) is 13.2 Å². The monoisotopic (exact) mass is 394 g/mol. The summed E-state index contributed by atoms with van der Waals surface area (Å²) in [5.74, 6) is 4.14. The van der Waals surface area contributed by atoms with Gasteiger partial charge in [0.2, 0.25) is 6.10 Å². The molecule has 0 fully saturated rings. The average Bonchev–Trinajstić information content (AvgIpc) is 3.04. The number of para-hydroxylation sites is 2. The summed E-state index contributed by atoms with van der Waals surface area (Å²) in [6.07, 6.45) is 4.73. The zero-order valence-electron chi connectivity index (χ0n) is 15.3. The highest BCUT2D eigenvalue weighted by atomic mass is 32.1. The molecular formula is C21H18N2O4S. The summed E-state index contributed by atoms with van der Waals surface area (Å²) < 4.78 is 19.7. The quantitative estimate of drug-likeness (QED) is 0.639. The number of ether oxygens (including phenoxy) is 3. The predicted octanol–water partition coefficient (Wildman–Crippen LogP) is 3.00. The lowest BCUT2D eigenvalue weighted by molar-refractivity contribution is -0.127. The molecule has 0 aliphatic carbocycles.